The quantitative estimate of drug-likeness (QED) is 0.402. The van der Waals surface area contributed by atoms with E-state index in [4.69, 9.17) is 32.7 Å². The molecule has 2 aromatic carbocycles. The van der Waals surface area contributed by atoms with Crippen LogP contribution in [0.15, 0.2) is 42.6 Å². The number of aliphatic hydroxyl groups is 1. The van der Waals surface area contributed by atoms with E-state index in [0.29, 0.717) is 41.2 Å². The molecule has 0 radical (unpaired) electrons. The maximum absolute atomic E-state index is 9.27. The van der Waals surface area contributed by atoms with E-state index in [0.717, 1.165) is 30.4 Å². The van der Waals surface area contributed by atoms with Crippen LogP contribution in [0.2, 0.25) is 10.0 Å². The Morgan fingerprint density at radius 2 is 1.97 bits per heavy atom. The molecule has 1 atom stereocenters. The topological polar surface area (TPSA) is 68.5 Å². The Kier molecular flexibility index (Phi) is 8.15. The first-order valence-electron chi connectivity index (χ1n) is 11.3. The van der Waals surface area contributed by atoms with Crippen molar-refractivity contribution in [2.24, 2.45) is 0 Å². The predicted octanol–water partition coefficient (Wildman–Crippen LogP) is 5.33. The molecule has 0 bridgehead atoms. The third-order valence-corrected chi connectivity index (χ3v) is 6.58. The van der Waals surface area contributed by atoms with Crippen LogP contribution >= 0.6 is 23.2 Å². The largest absolute Gasteiger partial charge is 0.490 e. The fourth-order valence-electron chi connectivity index (χ4n) is 4.23. The zero-order valence-corrected chi connectivity index (χ0v) is 20.2. The molecule has 1 aromatic heterocycles. The molecule has 6 nitrogen and oxygen atoms in total. The van der Waals surface area contributed by atoms with Gasteiger partial charge in [0.2, 0.25) is 0 Å². The van der Waals surface area contributed by atoms with Gasteiger partial charge in [-0.2, -0.15) is 5.10 Å². The van der Waals surface area contributed by atoms with E-state index in [1.807, 2.05) is 42.1 Å². The van der Waals surface area contributed by atoms with Gasteiger partial charge in [-0.05, 0) is 56.0 Å². The van der Waals surface area contributed by atoms with Gasteiger partial charge in [0.05, 0.1) is 26.0 Å². The molecular formula is C25H29Cl2N3O3. The number of fused-ring (bicyclic) bond motifs is 1. The molecule has 0 saturated heterocycles. The minimum Gasteiger partial charge on any atom is -0.490 e. The zero-order valence-electron chi connectivity index (χ0n) is 18.7. The summed E-state index contributed by atoms with van der Waals surface area (Å²) in [7, 11) is 0. The molecule has 0 amide bonds. The van der Waals surface area contributed by atoms with Crippen LogP contribution in [-0.2, 0) is 26.1 Å². The first kappa shape index (κ1) is 23.9. The lowest BCUT2D eigenvalue weighted by molar-refractivity contribution is 0.266. The highest BCUT2D eigenvalue weighted by atomic mass is 35.5. The average Bonchev–Trinajstić information content (AvgIpc) is 3.22. The Morgan fingerprint density at radius 3 is 2.73 bits per heavy atom. The van der Waals surface area contributed by atoms with E-state index in [2.05, 4.69) is 10.4 Å². The van der Waals surface area contributed by atoms with E-state index in [1.165, 1.54) is 11.3 Å². The highest BCUT2D eigenvalue weighted by Gasteiger charge is 2.24. The molecule has 0 unspecified atom stereocenters. The maximum Gasteiger partial charge on any atom is 0.161 e. The molecule has 3 aromatic rings. The lowest BCUT2D eigenvalue weighted by Crippen LogP contribution is -2.25. The van der Waals surface area contributed by atoms with E-state index in [1.54, 1.807) is 12.1 Å². The molecule has 0 spiro atoms. The molecule has 2 N–H and O–H groups in total. The van der Waals surface area contributed by atoms with Gasteiger partial charge in [-0.15, -0.1) is 0 Å². The third kappa shape index (κ3) is 5.64. The summed E-state index contributed by atoms with van der Waals surface area (Å²) in [5.41, 5.74) is 4.32. The van der Waals surface area contributed by atoms with Crippen molar-refractivity contribution in [2.75, 3.05) is 13.2 Å². The van der Waals surface area contributed by atoms with E-state index in [9.17, 15) is 5.11 Å². The second kappa shape index (κ2) is 11.3. The molecule has 1 aliphatic carbocycles. The summed E-state index contributed by atoms with van der Waals surface area (Å²) >= 11 is 12.5. The van der Waals surface area contributed by atoms with Gasteiger partial charge in [0, 0.05) is 39.5 Å². The summed E-state index contributed by atoms with van der Waals surface area (Å²) in [5, 5.41) is 18.6. The summed E-state index contributed by atoms with van der Waals surface area (Å²) in [4.78, 5) is 0. The molecule has 0 fully saturated rings. The Labute approximate surface area is 204 Å². The molecular weight excluding hydrogens is 461 g/mol. The SMILES string of the molecule is CCOc1cc(CN[C@H]2CCCc3c2cnn3CCO)ccc1OCc1c(Cl)cccc1Cl. The number of hydrogen-bond acceptors (Lipinski definition) is 5. The van der Waals surface area contributed by atoms with Gasteiger partial charge in [-0.1, -0.05) is 35.3 Å². The summed E-state index contributed by atoms with van der Waals surface area (Å²) in [6.45, 7) is 4.10. The Morgan fingerprint density at radius 1 is 1.15 bits per heavy atom. The van der Waals surface area contributed by atoms with E-state index < -0.39 is 0 Å². The molecule has 1 aliphatic rings. The van der Waals surface area contributed by atoms with Crippen molar-refractivity contribution in [3.8, 4) is 11.5 Å². The highest BCUT2D eigenvalue weighted by molar-refractivity contribution is 6.35. The second-order valence-corrected chi connectivity index (χ2v) is 8.84. The molecule has 0 saturated carbocycles. The number of nitrogens with zero attached hydrogens (tertiary/aromatic N) is 2. The van der Waals surface area contributed by atoms with Crippen LogP contribution < -0.4 is 14.8 Å². The average molecular weight is 490 g/mol. The van der Waals surface area contributed by atoms with Crippen molar-refractivity contribution in [1.29, 1.82) is 0 Å². The van der Waals surface area contributed by atoms with Gasteiger partial charge < -0.3 is 19.9 Å². The van der Waals surface area contributed by atoms with Crippen molar-refractivity contribution in [3.63, 3.8) is 0 Å². The Balaban J connectivity index is 1.44. The standard InChI is InChI=1S/C25H29Cl2N3O3/c1-2-32-25-13-17(9-10-24(25)33-16-19-20(26)5-3-6-21(19)27)14-28-22-7-4-8-23-18(22)15-29-30(23)11-12-31/h3,5-6,9-10,13,15,22,28,31H,2,4,7-8,11-12,14,16H2,1H3/t22-/m0/s1. The van der Waals surface area contributed by atoms with Gasteiger partial charge in [-0.25, -0.2) is 0 Å². The number of nitrogens with one attached hydrogen (secondary N) is 1. The van der Waals surface area contributed by atoms with Crippen molar-refractivity contribution < 1.29 is 14.6 Å². The lowest BCUT2D eigenvalue weighted by Gasteiger charge is -2.24. The van der Waals surface area contributed by atoms with Crippen LogP contribution in [0, 0.1) is 0 Å². The molecule has 176 valence electrons. The van der Waals surface area contributed by atoms with Crippen molar-refractivity contribution in [1.82, 2.24) is 15.1 Å². The van der Waals surface area contributed by atoms with E-state index >= 15 is 0 Å². The monoisotopic (exact) mass is 489 g/mol. The summed E-state index contributed by atoms with van der Waals surface area (Å²) < 4.78 is 13.8. The number of rotatable bonds is 10. The van der Waals surface area contributed by atoms with Crippen molar-refractivity contribution >= 4 is 23.2 Å². The van der Waals surface area contributed by atoms with Gasteiger partial charge in [0.15, 0.2) is 11.5 Å². The van der Waals surface area contributed by atoms with Crippen LogP contribution in [0.1, 0.15) is 48.2 Å². The smallest absolute Gasteiger partial charge is 0.161 e. The number of ether oxygens (including phenoxy) is 2. The fraction of sp³-hybridized carbons (Fsp3) is 0.400. The number of halogens is 2. The van der Waals surface area contributed by atoms with Crippen LogP contribution in [0.25, 0.3) is 0 Å². The van der Waals surface area contributed by atoms with Gasteiger partial charge in [-0.3, -0.25) is 4.68 Å². The minimum absolute atomic E-state index is 0.101. The molecule has 33 heavy (non-hydrogen) atoms. The number of hydrogen-bond donors (Lipinski definition) is 2. The molecule has 1 heterocycles. The lowest BCUT2D eigenvalue weighted by atomic mass is 9.93. The first-order chi connectivity index (χ1) is 16.1. The Hall–Kier alpha value is -2.25. The van der Waals surface area contributed by atoms with Crippen LogP contribution in [0.3, 0.4) is 0 Å². The van der Waals surface area contributed by atoms with Crippen LogP contribution in [0.5, 0.6) is 11.5 Å². The van der Waals surface area contributed by atoms with Crippen molar-refractivity contribution in [2.45, 2.75) is 51.9 Å². The first-order valence-corrected chi connectivity index (χ1v) is 12.1. The number of aromatic nitrogens is 2. The van der Waals surface area contributed by atoms with Crippen molar-refractivity contribution in [3.05, 3.63) is 75.0 Å². The van der Waals surface area contributed by atoms with Crippen LogP contribution in [0.4, 0.5) is 0 Å². The van der Waals surface area contributed by atoms with Gasteiger partial charge >= 0.3 is 0 Å². The fourth-order valence-corrected chi connectivity index (χ4v) is 4.74. The molecule has 4 rings (SSSR count). The molecule has 8 heteroatoms. The minimum atomic E-state index is 0.101. The van der Waals surface area contributed by atoms with E-state index in [-0.39, 0.29) is 19.3 Å². The molecule has 0 aliphatic heterocycles. The summed E-state index contributed by atoms with van der Waals surface area (Å²) in [6.07, 6.45) is 5.10. The Bertz CT molecular complexity index is 1070. The normalized spacial score (nSPS) is 15.3. The predicted molar refractivity (Wildman–Crippen MR) is 130 cm³/mol. The van der Waals surface area contributed by atoms with Crippen LogP contribution in [-0.4, -0.2) is 28.1 Å². The number of benzene rings is 2. The third-order valence-electron chi connectivity index (χ3n) is 5.87. The second-order valence-electron chi connectivity index (χ2n) is 8.02. The zero-order chi connectivity index (χ0) is 23.2. The summed E-state index contributed by atoms with van der Waals surface area (Å²) in [6, 6.07) is 11.6. The maximum atomic E-state index is 9.27. The van der Waals surface area contributed by atoms with Gasteiger partial charge in [0.1, 0.15) is 6.61 Å². The summed E-state index contributed by atoms with van der Waals surface area (Å²) in [5.74, 6) is 1.35. The van der Waals surface area contributed by atoms with Gasteiger partial charge in [0.25, 0.3) is 0 Å². The highest BCUT2D eigenvalue weighted by Crippen LogP contribution is 2.33. The number of aliphatic hydroxyl groups excluding tert-OH is 1.